The largest absolute Gasteiger partial charge is 0.492 e. The number of anilines is 1. The fourth-order valence-corrected chi connectivity index (χ4v) is 6.31. The van der Waals surface area contributed by atoms with Gasteiger partial charge < -0.3 is 15.0 Å². The van der Waals surface area contributed by atoms with Gasteiger partial charge in [-0.1, -0.05) is 0 Å². The zero-order valence-electron chi connectivity index (χ0n) is 17.5. The van der Waals surface area contributed by atoms with E-state index in [9.17, 15) is 21.6 Å². The van der Waals surface area contributed by atoms with Crippen LogP contribution in [-0.2, 0) is 24.8 Å². The number of hydrogen-bond donors (Lipinski definition) is 1. The van der Waals surface area contributed by atoms with E-state index in [1.165, 1.54) is 34.8 Å². The molecule has 0 unspecified atom stereocenters. The van der Waals surface area contributed by atoms with Gasteiger partial charge in [-0.15, -0.1) is 4.40 Å². The number of rotatable bonds is 6. The number of carbonyl (C=O) groups is 1. The van der Waals surface area contributed by atoms with E-state index < -0.39 is 26.0 Å². The van der Waals surface area contributed by atoms with Crippen LogP contribution in [0.1, 0.15) is 19.8 Å². The highest BCUT2D eigenvalue weighted by molar-refractivity contribution is 7.90. The van der Waals surface area contributed by atoms with Crippen molar-refractivity contribution in [1.29, 1.82) is 0 Å². The van der Waals surface area contributed by atoms with Gasteiger partial charge in [0.25, 0.3) is 15.9 Å². The molecule has 0 atom stereocenters. The van der Waals surface area contributed by atoms with Gasteiger partial charge in [-0.2, -0.15) is 4.31 Å². The molecule has 3 heterocycles. The van der Waals surface area contributed by atoms with E-state index in [0.29, 0.717) is 31.0 Å². The molecule has 10 nitrogen and oxygen atoms in total. The summed E-state index contributed by atoms with van der Waals surface area (Å²) in [6.07, 6.45) is 6.08. The molecule has 32 heavy (non-hydrogen) atoms. The quantitative estimate of drug-likeness (QED) is 0.651. The number of nitrogens with one attached hydrogen (secondary N) is 1. The maximum absolute atomic E-state index is 13.1. The highest BCUT2D eigenvalue weighted by atomic mass is 32.2. The van der Waals surface area contributed by atoms with Crippen LogP contribution in [0.4, 0.5) is 5.69 Å². The summed E-state index contributed by atoms with van der Waals surface area (Å²) in [6, 6.07) is 4.52. The number of benzene rings is 1. The molecule has 0 radical (unpaired) electrons. The Labute approximate surface area is 187 Å². The highest BCUT2D eigenvalue weighted by Crippen LogP contribution is 2.32. The molecule has 3 aliphatic rings. The van der Waals surface area contributed by atoms with Gasteiger partial charge in [0.2, 0.25) is 10.0 Å². The number of amides is 1. The van der Waals surface area contributed by atoms with E-state index in [4.69, 9.17) is 4.74 Å². The molecule has 1 aromatic rings. The van der Waals surface area contributed by atoms with Crippen molar-refractivity contribution in [3.05, 3.63) is 42.1 Å². The van der Waals surface area contributed by atoms with Crippen molar-refractivity contribution in [1.82, 2.24) is 9.21 Å². The molecule has 0 saturated carbocycles. The van der Waals surface area contributed by atoms with Crippen LogP contribution in [0.25, 0.3) is 0 Å². The molecule has 1 aromatic carbocycles. The standard InChI is InChI=1S/C20H24N4O6S2/c1-2-30-17-7-6-16(13-18(17)32(28,29)24-9-3-4-10-24)21-20(25)15-5-8-19-22-31(26,27)12-11-23(19)14-15/h5-8,13-14H,2-4,9-12H2,1H3,(H,21,25). The van der Waals surface area contributed by atoms with Crippen molar-refractivity contribution in [2.45, 2.75) is 24.7 Å². The summed E-state index contributed by atoms with van der Waals surface area (Å²) in [5.74, 6) is -0.0911. The second-order valence-corrected chi connectivity index (χ2v) is 11.2. The molecule has 1 fully saturated rings. The van der Waals surface area contributed by atoms with E-state index in [2.05, 4.69) is 9.71 Å². The predicted octanol–water partition coefficient (Wildman–Crippen LogP) is 1.31. The van der Waals surface area contributed by atoms with Crippen LogP contribution >= 0.6 is 0 Å². The van der Waals surface area contributed by atoms with Gasteiger partial charge in [-0.3, -0.25) is 4.79 Å². The fourth-order valence-electron chi connectivity index (χ4n) is 3.67. The van der Waals surface area contributed by atoms with Crippen molar-refractivity contribution < 1.29 is 26.4 Å². The number of ether oxygens (including phenoxy) is 1. The lowest BCUT2D eigenvalue weighted by Gasteiger charge is -2.27. The summed E-state index contributed by atoms with van der Waals surface area (Å²) in [4.78, 5) is 14.4. The molecule has 1 amide bonds. The van der Waals surface area contributed by atoms with Crippen LogP contribution in [0.5, 0.6) is 5.75 Å². The minimum absolute atomic E-state index is 0.0165. The summed E-state index contributed by atoms with van der Waals surface area (Å²) >= 11 is 0. The van der Waals surface area contributed by atoms with Gasteiger partial charge in [-0.05, 0) is 50.1 Å². The number of nitrogens with zero attached hydrogens (tertiary/aromatic N) is 3. The molecule has 12 heteroatoms. The van der Waals surface area contributed by atoms with Crippen molar-refractivity contribution in [2.75, 3.05) is 37.3 Å². The Bertz CT molecular complexity index is 1230. The Balaban J connectivity index is 1.58. The summed E-state index contributed by atoms with van der Waals surface area (Å²) in [7, 11) is -7.24. The van der Waals surface area contributed by atoms with Gasteiger partial charge in [0.1, 0.15) is 16.5 Å². The molecule has 1 saturated heterocycles. The summed E-state index contributed by atoms with van der Waals surface area (Å²) < 4.78 is 60.1. The normalized spacial score (nSPS) is 20.3. The fraction of sp³-hybridized carbons (Fsp3) is 0.400. The molecule has 3 aliphatic heterocycles. The molecular weight excluding hydrogens is 456 g/mol. The number of hydrogen-bond acceptors (Lipinski definition) is 7. The van der Waals surface area contributed by atoms with Crippen LogP contribution < -0.4 is 10.1 Å². The van der Waals surface area contributed by atoms with E-state index in [0.717, 1.165) is 12.8 Å². The molecule has 0 aliphatic carbocycles. The molecule has 4 rings (SSSR count). The smallest absolute Gasteiger partial charge is 0.257 e. The third-order valence-corrected chi connectivity index (χ3v) is 8.35. The first-order chi connectivity index (χ1) is 15.2. The van der Waals surface area contributed by atoms with Gasteiger partial charge in [0.15, 0.2) is 0 Å². The lowest BCUT2D eigenvalue weighted by molar-refractivity contribution is -0.112. The molecule has 0 aromatic heterocycles. The molecule has 1 N–H and O–H groups in total. The van der Waals surface area contributed by atoms with Gasteiger partial charge in [0.05, 0.1) is 17.9 Å². The first-order valence-electron chi connectivity index (χ1n) is 10.3. The van der Waals surface area contributed by atoms with Gasteiger partial charge >= 0.3 is 0 Å². The summed E-state index contributed by atoms with van der Waals surface area (Å²) in [6.45, 7) is 3.19. The second kappa shape index (κ2) is 8.68. The van der Waals surface area contributed by atoms with Crippen LogP contribution in [0.2, 0.25) is 0 Å². The SMILES string of the molecule is CCOc1ccc(NC(=O)C2=CN3CCS(=O)(=O)N=C3C=C2)cc1S(=O)(=O)N1CCCC1. The van der Waals surface area contributed by atoms with E-state index in [-0.39, 0.29) is 28.8 Å². The number of fused-ring (bicyclic) bond motifs is 1. The predicted molar refractivity (Wildman–Crippen MR) is 119 cm³/mol. The van der Waals surface area contributed by atoms with E-state index in [1.54, 1.807) is 17.9 Å². The maximum Gasteiger partial charge on any atom is 0.257 e. The van der Waals surface area contributed by atoms with Crippen LogP contribution in [0, 0.1) is 0 Å². The first kappa shape index (κ1) is 22.5. The van der Waals surface area contributed by atoms with Gasteiger partial charge in [-0.25, -0.2) is 16.8 Å². The van der Waals surface area contributed by atoms with E-state index in [1.807, 2.05) is 0 Å². The molecule has 172 valence electrons. The average Bonchev–Trinajstić information content (AvgIpc) is 3.30. The van der Waals surface area contributed by atoms with Crippen LogP contribution in [0.3, 0.4) is 0 Å². The third-order valence-electron chi connectivity index (χ3n) is 5.27. The topological polar surface area (TPSA) is 125 Å². The maximum atomic E-state index is 13.1. The molecule has 0 bridgehead atoms. The lowest BCUT2D eigenvalue weighted by atomic mass is 10.1. The van der Waals surface area contributed by atoms with Crippen molar-refractivity contribution in [2.24, 2.45) is 4.40 Å². The van der Waals surface area contributed by atoms with Crippen molar-refractivity contribution >= 4 is 37.5 Å². The zero-order valence-corrected chi connectivity index (χ0v) is 19.2. The second-order valence-electron chi connectivity index (χ2n) is 7.51. The van der Waals surface area contributed by atoms with Crippen LogP contribution in [-0.4, -0.2) is 69.8 Å². The third kappa shape index (κ3) is 4.57. The van der Waals surface area contributed by atoms with E-state index >= 15 is 0 Å². The Morgan fingerprint density at radius 3 is 2.66 bits per heavy atom. The number of sulfonamides is 2. The van der Waals surface area contributed by atoms with Crippen molar-refractivity contribution in [3.8, 4) is 5.75 Å². The first-order valence-corrected chi connectivity index (χ1v) is 13.3. The minimum atomic E-state index is -3.75. The van der Waals surface area contributed by atoms with Crippen LogP contribution in [0.15, 0.2) is 51.4 Å². The Morgan fingerprint density at radius 2 is 1.94 bits per heavy atom. The lowest BCUT2D eigenvalue weighted by Crippen LogP contribution is -2.37. The molecule has 0 spiro atoms. The minimum Gasteiger partial charge on any atom is -0.492 e. The Kier molecular flexibility index (Phi) is 6.10. The number of amidine groups is 1. The zero-order chi connectivity index (χ0) is 22.9. The highest BCUT2D eigenvalue weighted by Gasteiger charge is 2.31. The monoisotopic (exact) mass is 480 g/mol. The average molecular weight is 481 g/mol. The summed E-state index contributed by atoms with van der Waals surface area (Å²) in [5, 5.41) is 2.71. The van der Waals surface area contributed by atoms with Gasteiger partial charge in [0, 0.05) is 31.5 Å². The Hall–Kier alpha value is -2.70. The Morgan fingerprint density at radius 1 is 1.19 bits per heavy atom. The molecular formula is C20H24N4O6S2. The number of carbonyl (C=O) groups excluding carboxylic acids is 1. The summed E-state index contributed by atoms with van der Waals surface area (Å²) in [5.41, 5.74) is 0.604. The van der Waals surface area contributed by atoms with Crippen molar-refractivity contribution in [3.63, 3.8) is 0 Å².